The Bertz CT molecular complexity index is 816. The van der Waals surface area contributed by atoms with Crippen molar-refractivity contribution in [3.8, 4) is 0 Å². The molecule has 3 rings (SSSR count). The van der Waals surface area contributed by atoms with Gasteiger partial charge in [-0.1, -0.05) is 43.3 Å². The van der Waals surface area contributed by atoms with Gasteiger partial charge in [0, 0.05) is 11.7 Å². The van der Waals surface area contributed by atoms with Crippen molar-refractivity contribution in [3.05, 3.63) is 66.0 Å². The maximum Gasteiger partial charge on any atom is 0.224 e. The van der Waals surface area contributed by atoms with Crippen molar-refractivity contribution < 1.29 is 4.79 Å². The molecule has 0 fully saturated rings. The van der Waals surface area contributed by atoms with Gasteiger partial charge >= 0.3 is 0 Å². The van der Waals surface area contributed by atoms with Gasteiger partial charge in [0.05, 0.1) is 23.4 Å². The van der Waals surface area contributed by atoms with Gasteiger partial charge in [-0.25, -0.2) is 4.98 Å². The number of nitrogens with zero attached hydrogens (tertiary/aromatic N) is 1. The zero-order chi connectivity index (χ0) is 16.9. The molecule has 2 atom stereocenters. The summed E-state index contributed by atoms with van der Waals surface area (Å²) in [6.45, 7) is 1.96. The molecule has 0 aliphatic carbocycles. The third-order valence-electron chi connectivity index (χ3n) is 4.06. The quantitative estimate of drug-likeness (QED) is 0.719. The molecule has 2 aromatic carbocycles. The van der Waals surface area contributed by atoms with Gasteiger partial charge < -0.3 is 10.3 Å². The number of carbonyl (C=O) groups excluding carboxylic acids is 1. The molecular formula is C19H21N3OS. The number of imidazole rings is 1. The lowest BCUT2D eigenvalue weighted by atomic mass is 9.97. The van der Waals surface area contributed by atoms with Crippen molar-refractivity contribution in [2.45, 2.75) is 13.0 Å². The minimum absolute atomic E-state index is 0.0258. The monoisotopic (exact) mass is 339 g/mol. The highest BCUT2D eigenvalue weighted by Gasteiger charge is 2.20. The normalized spacial score (nSPS) is 13.6. The fraction of sp³-hybridized carbons (Fsp3) is 0.263. The zero-order valence-corrected chi connectivity index (χ0v) is 14.6. The highest BCUT2D eigenvalue weighted by Crippen LogP contribution is 2.25. The summed E-state index contributed by atoms with van der Waals surface area (Å²) >= 11 is 1.69. The molecule has 0 aliphatic heterocycles. The average molecular weight is 339 g/mol. The van der Waals surface area contributed by atoms with Crippen molar-refractivity contribution in [1.82, 2.24) is 15.3 Å². The van der Waals surface area contributed by atoms with E-state index >= 15 is 0 Å². The van der Waals surface area contributed by atoms with Crippen LogP contribution in [0.15, 0.2) is 54.9 Å². The summed E-state index contributed by atoms with van der Waals surface area (Å²) in [6, 6.07) is 16.0. The van der Waals surface area contributed by atoms with Crippen LogP contribution in [-0.2, 0) is 4.79 Å². The van der Waals surface area contributed by atoms with Gasteiger partial charge in [0.25, 0.3) is 0 Å². The number of H-pyrrole nitrogens is 1. The number of hydrogen-bond acceptors (Lipinski definition) is 3. The first-order valence-corrected chi connectivity index (χ1v) is 9.35. The summed E-state index contributed by atoms with van der Waals surface area (Å²) in [5, 5.41) is 3.20. The Morgan fingerprint density at radius 1 is 1.21 bits per heavy atom. The molecule has 0 saturated heterocycles. The molecule has 1 amide bonds. The van der Waals surface area contributed by atoms with Crippen molar-refractivity contribution in [3.63, 3.8) is 0 Å². The largest absolute Gasteiger partial charge is 0.345 e. The average Bonchev–Trinajstić information content (AvgIpc) is 3.08. The number of benzene rings is 2. The molecule has 0 saturated carbocycles. The standard InChI is InChI=1S/C19H21N3OS/c1-13(11-24-2)19(23)22-18(14-6-4-3-5-7-14)15-8-9-16-17(10-15)21-12-20-16/h3-10,12-13,18H,11H2,1-2H3,(H,20,21)(H,22,23)/t13-,18-/m1/s1. The van der Waals surface area contributed by atoms with Crippen LogP contribution < -0.4 is 5.32 Å². The van der Waals surface area contributed by atoms with Crippen LogP contribution in [0.3, 0.4) is 0 Å². The van der Waals surface area contributed by atoms with E-state index in [9.17, 15) is 4.79 Å². The van der Waals surface area contributed by atoms with Gasteiger partial charge in [0.2, 0.25) is 5.91 Å². The Kier molecular flexibility index (Phi) is 5.20. The van der Waals surface area contributed by atoms with Crippen LogP contribution in [0, 0.1) is 5.92 Å². The van der Waals surface area contributed by atoms with E-state index in [1.165, 1.54) is 0 Å². The molecule has 0 aliphatic rings. The third-order valence-corrected chi connectivity index (χ3v) is 4.89. The fourth-order valence-electron chi connectivity index (χ4n) is 2.75. The summed E-state index contributed by atoms with van der Waals surface area (Å²) in [5.41, 5.74) is 4.01. The Morgan fingerprint density at radius 3 is 2.75 bits per heavy atom. The first-order chi connectivity index (χ1) is 11.7. The minimum Gasteiger partial charge on any atom is -0.345 e. The van der Waals surface area contributed by atoms with E-state index in [1.54, 1.807) is 18.1 Å². The number of fused-ring (bicyclic) bond motifs is 1. The van der Waals surface area contributed by atoms with Crippen LogP contribution in [0.5, 0.6) is 0 Å². The molecule has 0 spiro atoms. The lowest BCUT2D eigenvalue weighted by Gasteiger charge is -2.22. The maximum absolute atomic E-state index is 12.6. The molecule has 2 N–H and O–H groups in total. The van der Waals surface area contributed by atoms with Crippen LogP contribution in [-0.4, -0.2) is 27.9 Å². The van der Waals surface area contributed by atoms with E-state index in [0.717, 1.165) is 27.9 Å². The first-order valence-electron chi connectivity index (χ1n) is 7.96. The van der Waals surface area contributed by atoms with Crippen LogP contribution in [0.2, 0.25) is 0 Å². The number of aromatic amines is 1. The molecule has 124 valence electrons. The summed E-state index contributed by atoms with van der Waals surface area (Å²) in [4.78, 5) is 20.0. The van der Waals surface area contributed by atoms with E-state index in [4.69, 9.17) is 0 Å². The molecule has 0 radical (unpaired) electrons. The summed E-state index contributed by atoms with van der Waals surface area (Å²) in [5.74, 6) is 0.859. The number of thioether (sulfide) groups is 1. The Labute approximate surface area is 146 Å². The summed E-state index contributed by atoms with van der Waals surface area (Å²) in [6.07, 6.45) is 3.70. The number of rotatable bonds is 6. The Morgan fingerprint density at radius 2 is 2.00 bits per heavy atom. The summed E-state index contributed by atoms with van der Waals surface area (Å²) < 4.78 is 0. The number of aromatic nitrogens is 2. The lowest BCUT2D eigenvalue weighted by molar-refractivity contribution is -0.124. The van der Waals surface area contributed by atoms with E-state index in [2.05, 4.69) is 21.4 Å². The highest BCUT2D eigenvalue weighted by molar-refractivity contribution is 7.98. The second kappa shape index (κ2) is 7.53. The van der Waals surface area contributed by atoms with E-state index in [1.807, 2.05) is 55.6 Å². The Hall–Kier alpha value is -2.27. The molecule has 1 heterocycles. The highest BCUT2D eigenvalue weighted by atomic mass is 32.2. The lowest BCUT2D eigenvalue weighted by Crippen LogP contribution is -2.34. The van der Waals surface area contributed by atoms with Crippen molar-refractivity contribution in [2.24, 2.45) is 5.92 Å². The van der Waals surface area contributed by atoms with Crippen molar-refractivity contribution in [1.29, 1.82) is 0 Å². The molecule has 1 aromatic heterocycles. The molecule has 4 nitrogen and oxygen atoms in total. The SMILES string of the molecule is CSC[C@@H](C)C(=O)N[C@H](c1ccccc1)c1ccc2nc[nH]c2c1. The van der Waals surface area contributed by atoms with Gasteiger partial charge in [0.1, 0.15) is 0 Å². The topological polar surface area (TPSA) is 57.8 Å². The molecule has 0 bridgehead atoms. The van der Waals surface area contributed by atoms with E-state index in [-0.39, 0.29) is 17.9 Å². The van der Waals surface area contributed by atoms with Gasteiger partial charge in [-0.05, 0) is 29.5 Å². The summed E-state index contributed by atoms with van der Waals surface area (Å²) in [7, 11) is 0. The predicted octanol–water partition coefficient (Wildman–Crippen LogP) is 3.77. The zero-order valence-electron chi connectivity index (χ0n) is 13.8. The second-order valence-electron chi connectivity index (χ2n) is 5.89. The van der Waals surface area contributed by atoms with Crippen LogP contribution in [0.25, 0.3) is 11.0 Å². The maximum atomic E-state index is 12.6. The number of carbonyl (C=O) groups is 1. The molecule has 24 heavy (non-hydrogen) atoms. The van der Waals surface area contributed by atoms with E-state index in [0.29, 0.717) is 0 Å². The van der Waals surface area contributed by atoms with Crippen molar-refractivity contribution in [2.75, 3.05) is 12.0 Å². The molecule has 0 unspecified atom stereocenters. The third kappa shape index (κ3) is 3.62. The molecule has 5 heteroatoms. The fourth-order valence-corrected chi connectivity index (χ4v) is 3.40. The first kappa shape index (κ1) is 16.6. The molecule has 3 aromatic rings. The van der Waals surface area contributed by atoms with Crippen LogP contribution in [0.4, 0.5) is 0 Å². The van der Waals surface area contributed by atoms with Gasteiger partial charge in [0.15, 0.2) is 0 Å². The van der Waals surface area contributed by atoms with E-state index < -0.39 is 0 Å². The predicted molar refractivity (Wildman–Crippen MR) is 100 cm³/mol. The number of nitrogens with one attached hydrogen (secondary N) is 2. The van der Waals surface area contributed by atoms with Gasteiger partial charge in [-0.15, -0.1) is 0 Å². The molecular weight excluding hydrogens is 318 g/mol. The number of amides is 1. The minimum atomic E-state index is -0.171. The Balaban J connectivity index is 1.94. The number of hydrogen-bond donors (Lipinski definition) is 2. The van der Waals surface area contributed by atoms with Crippen LogP contribution >= 0.6 is 11.8 Å². The van der Waals surface area contributed by atoms with Crippen LogP contribution in [0.1, 0.15) is 24.1 Å². The van der Waals surface area contributed by atoms with Gasteiger partial charge in [-0.2, -0.15) is 11.8 Å². The van der Waals surface area contributed by atoms with Gasteiger partial charge in [-0.3, -0.25) is 4.79 Å². The van der Waals surface area contributed by atoms with Crippen molar-refractivity contribution >= 4 is 28.7 Å². The second-order valence-corrected chi connectivity index (χ2v) is 6.80. The smallest absolute Gasteiger partial charge is 0.224 e.